The highest BCUT2D eigenvalue weighted by molar-refractivity contribution is 5.96. The summed E-state index contributed by atoms with van der Waals surface area (Å²) < 4.78 is 10.5. The summed E-state index contributed by atoms with van der Waals surface area (Å²) >= 11 is 0. The SMILES string of the molecule is COc1ccc(C(=O)N2CCN(C(=O)OC(C)(C)C)CC2)c(CO)c1. The van der Waals surface area contributed by atoms with Crippen molar-refractivity contribution < 1.29 is 24.2 Å². The lowest BCUT2D eigenvalue weighted by Gasteiger charge is -2.35. The Morgan fingerprint density at radius 2 is 1.72 bits per heavy atom. The number of rotatable bonds is 3. The molecule has 0 aromatic heterocycles. The fourth-order valence-corrected chi connectivity index (χ4v) is 2.63. The highest BCUT2D eigenvalue weighted by Crippen LogP contribution is 2.20. The van der Waals surface area contributed by atoms with Crippen LogP contribution in [0.15, 0.2) is 18.2 Å². The van der Waals surface area contributed by atoms with E-state index in [-0.39, 0.29) is 18.6 Å². The second-order valence-corrected chi connectivity index (χ2v) is 6.94. The number of hydrogen-bond acceptors (Lipinski definition) is 5. The fraction of sp³-hybridized carbons (Fsp3) is 0.556. The first kappa shape index (κ1) is 19.1. The molecule has 0 unspecified atom stereocenters. The maximum atomic E-state index is 12.7. The molecule has 0 saturated carbocycles. The van der Waals surface area contributed by atoms with E-state index in [9.17, 15) is 14.7 Å². The van der Waals surface area contributed by atoms with Crippen molar-refractivity contribution in [3.8, 4) is 5.75 Å². The van der Waals surface area contributed by atoms with Gasteiger partial charge >= 0.3 is 6.09 Å². The highest BCUT2D eigenvalue weighted by Gasteiger charge is 2.28. The van der Waals surface area contributed by atoms with E-state index in [0.717, 1.165) is 0 Å². The van der Waals surface area contributed by atoms with E-state index in [1.165, 1.54) is 7.11 Å². The van der Waals surface area contributed by atoms with E-state index < -0.39 is 5.60 Å². The van der Waals surface area contributed by atoms with E-state index in [1.54, 1.807) is 28.0 Å². The number of carbonyl (C=O) groups excluding carboxylic acids is 2. The second kappa shape index (κ2) is 7.74. The summed E-state index contributed by atoms with van der Waals surface area (Å²) in [6.45, 7) is 6.93. The normalized spacial score (nSPS) is 15.1. The van der Waals surface area contributed by atoms with Crippen molar-refractivity contribution in [3.05, 3.63) is 29.3 Å². The van der Waals surface area contributed by atoms with Gasteiger partial charge < -0.3 is 24.4 Å². The lowest BCUT2D eigenvalue weighted by atomic mass is 10.1. The molecule has 2 rings (SSSR count). The Hall–Kier alpha value is -2.28. The van der Waals surface area contributed by atoms with Gasteiger partial charge in [0.2, 0.25) is 0 Å². The average molecular weight is 350 g/mol. The van der Waals surface area contributed by atoms with E-state index >= 15 is 0 Å². The van der Waals surface area contributed by atoms with Crippen LogP contribution in [-0.2, 0) is 11.3 Å². The summed E-state index contributed by atoms with van der Waals surface area (Å²) in [7, 11) is 1.54. The van der Waals surface area contributed by atoms with Crippen molar-refractivity contribution in [1.82, 2.24) is 9.80 Å². The minimum Gasteiger partial charge on any atom is -0.497 e. The molecule has 0 spiro atoms. The molecule has 7 heteroatoms. The summed E-state index contributed by atoms with van der Waals surface area (Å²) in [5.41, 5.74) is 0.441. The Morgan fingerprint density at radius 3 is 2.24 bits per heavy atom. The Kier molecular flexibility index (Phi) is 5.89. The standard InChI is InChI=1S/C18H26N2O5/c1-18(2,3)25-17(23)20-9-7-19(8-10-20)16(22)15-6-5-14(24-4)11-13(15)12-21/h5-6,11,21H,7-10,12H2,1-4H3. The summed E-state index contributed by atoms with van der Waals surface area (Å²) in [5, 5.41) is 9.51. The van der Waals surface area contributed by atoms with Gasteiger partial charge in [-0.2, -0.15) is 0 Å². The predicted molar refractivity (Wildman–Crippen MR) is 92.6 cm³/mol. The molecule has 0 aliphatic carbocycles. The van der Waals surface area contributed by atoms with E-state index in [2.05, 4.69) is 0 Å². The molecule has 7 nitrogen and oxygen atoms in total. The van der Waals surface area contributed by atoms with Crippen LogP contribution >= 0.6 is 0 Å². The Labute approximate surface area is 148 Å². The molecule has 1 heterocycles. The molecule has 0 radical (unpaired) electrons. The number of nitrogens with zero attached hydrogens (tertiary/aromatic N) is 2. The van der Waals surface area contributed by atoms with Gasteiger partial charge in [0.25, 0.3) is 5.91 Å². The maximum Gasteiger partial charge on any atom is 0.410 e. The van der Waals surface area contributed by atoms with Gasteiger partial charge in [0.15, 0.2) is 0 Å². The third kappa shape index (κ3) is 4.85. The number of methoxy groups -OCH3 is 1. The molecule has 1 aromatic rings. The molecular weight excluding hydrogens is 324 g/mol. The van der Waals surface area contributed by atoms with Crippen molar-refractivity contribution in [2.24, 2.45) is 0 Å². The summed E-state index contributed by atoms with van der Waals surface area (Å²) in [5.74, 6) is 0.436. The molecule has 2 amide bonds. The van der Waals surface area contributed by atoms with Crippen molar-refractivity contribution >= 4 is 12.0 Å². The van der Waals surface area contributed by atoms with Gasteiger partial charge in [0.05, 0.1) is 13.7 Å². The molecule has 25 heavy (non-hydrogen) atoms. The number of ether oxygens (including phenoxy) is 2. The van der Waals surface area contributed by atoms with Gasteiger partial charge in [0, 0.05) is 31.7 Å². The van der Waals surface area contributed by atoms with Crippen LogP contribution < -0.4 is 4.74 Å². The molecule has 1 aliphatic heterocycles. The molecule has 138 valence electrons. The van der Waals surface area contributed by atoms with Gasteiger partial charge in [-0.1, -0.05) is 0 Å². The topological polar surface area (TPSA) is 79.3 Å². The second-order valence-electron chi connectivity index (χ2n) is 6.94. The molecule has 1 N–H and O–H groups in total. The number of amides is 2. The minimum absolute atomic E-state index is 0.157. The highest BCUT2D eigenvalue weighted by atomic mass is 16.6. The smallest absolute Gasteiger partial charge is 0.410 e. The molecule has 0 bridgehead atoms. The number of aliphatic hydroxyl groups is 1. The lowest BCUT2D eigenvalue weighted by molar-refractivity contribution is 0.0140. The number of aliphatic hydroxyl groups excluding tert-OH is 1. The van der Waals surface area contributed by atoms with Crippen LogP contribution in [0.4, 0.5) is 4.79 Å². The van der Waals surface area contributed by atoms with Crippen molar-refractivity contribution in [2.75, 3.05) is 33.3 Å². The zero-order valence-corrected chi connectivity index (χ0v) is 15.2. The Balaban J connectivity index is 2.01. The van der Waals surface area contributed by atoms with Crippen LogP contribution in [-0.4, -0.2) is 65.8 Å². The third-order valence-electron chi connectivity index (χ3n) is 3.93. The van der Waals surface area contributed by atoms with Crippen LogP contribution in [0.5, 0.6) is 5.75 Å². The molecule has 1 fully saturated rings. The van der Waals surface area contributed by atoms with Gasteiger partial charge in [-0.25, -0.2) is 4.79 Å². The van der Waals surface area contributed by atoms with Crippen LogP contribution in [0.3, 0.4) is 0 Å². The van der Waals surface area contributed by atoms with Gasteiger partial charge in [-0.15, -0.1) is 0 Å². The first-order chi connectivity index (χ1) is 11.7. The van der Waals surface area contributed by atoms with Gasteiger partial charge in [0.1, 0.15) is 11.4 Å². The first-order valence-corrected chi connectivity index (χ1v) is 8.30. The van der Waals surface area contributed by atoms with Gasteiger partial charge in [-0.05, 0) is 44.5 Å². The lowest BCUT2D eigenvalue weighted by Crippen LogP contribution is -2.51. The van der Waals surface area contributed by atoms with E-state index in [0.29, 0.717) is 43.1 Å². The number of piperazine rings is 1. The van der Waals surface area contributed by atoms with Crippen molar-refractivity contribution in [2.45, 2.75) is 33.0 Å². The van der Waals surface area contributed by atoms with Crippen LogP contribution in [0.25, 0.3) is 0 Å². The number of benzene rings is 1. The summed E-state index contributed by atoms with van der Waals surface area (Å²) in [6.07, 6.45) is -0.361. The molecule has 1 aromatic carbocycles. The molecule has 0 atom stereocenters. The minimum atomic E-state index is -0.539. The third-order valence-corrected chi connectivity index (χ3v) is 3.93. The van der Waals surface area contributed by atoms with Crippen molar-refractivity contribution in [3.63, 3.8) is 0 Å². The molecule has 1 aliphatic rings. The largest absolute Gasteiger partial charge is 0.497 e. The van der Waals surface area contributed by atoms with Crippen LogP contribution in [0.2, 0.25) is 0 Å². The molecule has 1 saturated heterocycles. The first-order valence-electron chi connectivity index (χ1n) is 8.30. The zero-order chi connectivity index (χ0) is 18.6. The Bertz CT molecular complexity index is 631. The molecular formula is C18H26N2O5. The Morgan fingerprint density at radius 1 is 1.12 bits per heavy atom. The summed E-state index contributed by atoms with van der Waals surface area (Å²) in [6, 6.07) is 5.01. The average Bonchev–Trinajstić information content (AvgIpc) is 2.59. The van der Waals surface area contributed by atoms with Gasteiger partial charge in [-0.3, -0.25) is 4.79 Å². The van der Waals surface area contributed by atoms with Crippen molar-refractivity contribution in [1.29, 1.82) is 0 Å². The fourth-order valence-electron chi connectivity index (χ4n) is 2.63. The number of hydrogen-bond donors (Lipinski definition) is 1. The van der Waals surface area contributed by atoms with Crippen LogP contribution in [0, 0.1) is 0 Å². The monoisotopic (exact) mass is 350 g/mol. The van der Waals surface area contributed by atoms with Crippen LogP contribution in [0.1, 0.15) is 36.7 Å². The zero-order valence-electron chi connectivity index (χ0n) is 15.2. The van der Waals surface area contributed by atoms with E-state index in [1.807, 2.05) is 20.8 Å². The quantitative estimate of drug-likeness (QED) is 0.900. The number of carbonyl (C=O) groups is 2. The predicted octanol–water partition coefficient (Wildman–Crippen LogP) is 1.88. The summed E-state index contributed by atoms with van der Waals surface area (Å²) in [4.78, 5) is 28.1. The maximum absolute atomic E-state index is 12.7. The van der Waals surface area contributed by atoms with E-state index in [4.69, 9.17) is 9.47 Å².